The maximum atomic E-state index is 13.8. The highest BCUT2D eigenvalue weighted by molar-refractivity contribution is 5.83. The quantitative estimate of drug-likeness (QED) is 0.638. The molecule has 3 aliphatic rings. The molecular formula is C24H33F3N2O5. The summed E-state index contributed by atoms with van der Waals surface area (Å²) in [4.78, 5) is 15.3. The van der Waals surface area contributed by atoms with Gasteiger partial charge < -0.3 is 29.2 Å². The summed E-state index contributed by atoms with van der Waals surface area (Å²) >= 11 is 0. The van der Waals surface area contributed by atoms with Crippen LogP contribution in [0.3, 0.4) is 0 Å². The van der Waals surface area contributed by atoms with Gasteiger partial charge in [0.25, 0.3) is 0 Å². The average Bonchev–Trinajstić information content (AvgIpc) is 3.25. The number of hydrogen-bond donors (Lipinski definition) is 1. The molecular weight excluding hydrogens is 453 g/mol. The number of nitrogens with one attached hydrogen (secondary N) is 1. The van der Waals surface area contributed by atoms with E-state index < -0.39 is 17.2 Å². The monoisotopic (exact) mass is 486 g/mol. The van der Waals surface area contributed by atoms with Crippen molar-refractivity contribution in [1.82, 2.24) is 10.2 Å². The van der Waals surface area contributed by atoms with Gasteiger partial charge in [-0.25, -0.2) is 0 Å². The molecule has 4 rings (SSSR count). The van der Waals surface area contributed by atoms with E-state index in [9.17, 15) is 18.0 Å². The van der Waals surface area contributed by atoms with Gasteiger partial charge in [0, 0.05) is 45.1 Å². The Morgan fingerprint density at radius 3 is 2.85 bits per heavy atom. The first kappa shape index (κ1) is 25.2. The zero-order valence-corrected chi connectivity index (χ0v) is 19.7. The molecule has 10 heteroatoms. The molecule has 1 N–H and O–H groups in total. The first-order chi connectivity index (χ1) is 16.3. The van der Waals surface area contributed by atoms with Gasteiger partial charge in [-0.1, -0.05) is 0 Å². The summed E-state index contributed by atoms with van der Waals surface area (Å²) in [5, 5.41) is 3.67. The zero-order chi connectivity index (χ0) is 24.3. The third-order valence-corrected chi connectivity index (χ3v) is 7.32. The fourth-order valence-corrected chi connectivity index (χ4v) is 5.42. The van der Waals surface area contributed by atoms with Crippen LogP contribution in [0.1, 0.15) is 43.2 Å². The van der Waals surface area contributed by atoms with Crippen molar-refractivity contribution in [3.63, 3.8) is 0 Å². The molecule has 0 unspecified atom stereocenters. The molecule has 0 radical (unpaired) electrons. The number of rotatable bonds is 7. The molecule has 0 spiro atoms. The van der Waals surface area contributed by atoms with E-state index in [4.69, 9.17) is 18.9 Å². The maximum absolute atomic E-state index is 13.8. The molecule has 0 bridgehead atoms. The number of halogens is 3. The predicted molar refractivity (Wildman–Crippen MR) is 117 cm³/mol. The molecule has 1 aromatic carbocycles. The molecule has 1 aliphatic carbocycles. The number of carbonyl (C=O) groups excluding carboxylic acids is 1. The maximum Gasteiger partial charge on any atom is 0.416 e. The van der Waals surface area contributed by atoms with Gasteiger partial charge in [-0.15, -0.1) is 0 Å². The van der Waals surface area contributed by atoms with Crippen molar-refractivity contribution in [2.24, 2.45) is 5.41 Å². The van der Waals surface area contributed by atoms with E-state index >= 15 is 0 Å². The van der Waals surface area contributed by atoms with E-state index in [0.29, 0.717) is 50.4 Å². The molecule has 1 amide bonds. The Morgan fingerprint density at radius 1 is 1.29 bits per heavy atom. The highest BCUT2D eigenvalue weighted by Crippen LogP contribution is 2.44. The standard InChI is InChI=1S/C24H33F3N2O5/c1-31-10-8-23(7-5-18(12-23)28-19-6-9-33-14-21(19)32-2)22(30)29-13-16-11-17(24(25,26)27)3-4-20(16)34-15-29/h3-4,11,18-19,21,28H,5-10,12-15H2,1-2H3/t18-,19+,21-,23-/m1/s1. The van der Waals surface area contributed by atoms with E-state index in [-0.39, 0.29) is 37.4 Å². The molecule has 1 aromatic rings. The van der Waals surface area contributed by atoms with Gasteiger partial charge >= 0.3 is 6.18 Å². The van der Waals surface area contributed by atoms with Crippen molar-refractivity contribution < 1.29 is 36.9 Å². The second kappa shape index (κ2) is 10.4. The molecule has 1 saturated heterocycles. The molecule has 2 aliphatic heterocycles. The van der Waals surface area contributed by atoms with Gasteiger partial charge in [0.2, 0.25) is 5.91 Å². The van der Waals surface area contributed by atoms with Gasteiger partial charge in [0.15, 0.2) is 6.73 Å². The highest BCUT2D eigenvalue weighted by Gasteiger charge is 2.48. The van der Waals surface area contributed by atoms with Crippen LogP contribution in [0.2, 0.25) is 0 Å². The van der Waals surface area contributed by atoms with Gasteiger partial charge in [-0.3, -0.25) is 4.79 Å². The lowest BCUT2D eigenvalue weighted by Gasteiger charge is -2.38. The Labute approximate surface area is 197 Å². The van der Waals surface area contributed by atoms with Crippen LogP contribution in [-0.4, -0.2) is 69.8 Å². The summed E-state index contributed by atoms with van der Waals surface area (Å²) < 4.78 is 61.6. The summed E-state index contributed by atoms with van der Waals surface area (Å²) in [6, 6.07) is 3.70. The lowest BCUT2D eigenvalue weighted by molar-refractivity contribution is -0.148. The van der Waals surface area contributed by atoms with Crippen molar-refractivity contribution in [3.05, 3.63) is 29.3 Å². The Morgan fingerprint density at radius 2 is 2.12 bits per heavy atom. The number of methoxy groups -OCH3 is 2. The highest BCUT2D eigenvalue weighted by atomic mass is 19.4. The fourth-order valence-electron chi connectivity index (χ4n) is 5.42. The van der Waals surface area contributed by atoms with Crippen LogP contribution >= 0.6 is 0 Å². The number of ether oxygens (including phenoxy) is 4. The number of alkyl halides is 3. The zero-order valence-electron chi connectivity index (χ0n) is 19.7. The number of nitrogens with zero attached hydrogens (tertiary/aromatic N) is 1. The number of carbonyl (C=O) groups is 1. The first-order valence-corrected chi connectivity index (χ1v) is 11.7. The average molecular weight is 487 g/mol. The fraction of sp³-hybridized carbons (Fsp3) is 0.708. The molecule has 0 aromatic heterocycles. The van der Waals surface area contributed by atoms with Crippen LogP contribution in [-0.2, 0) is 31.7 Å². The molecule has 4 atom stereocenters. The molecule has 1 saturated carbocycles. The minimum absolute atomic E-state index is 0.0235. The van der Waals surface area contributed by atoms with Gasteiger partial charge in [-0.05, 0) is 50.3 Å². The number of fused-ring (bicyclic) bond motifs is 1. The van der Waals surface area contributed by atoms with E-state index in [1.807, 2.05) is 0 Å². The van der Waals surface area contributed by atoms with Crippen LogP contribution < -0.4 is 10.1 Å². The third-order valence-electron chi connectivity index (χ3n) is 7.32. The summed E-state index contributed by atoms with van der Waals surface area (Å²) in [6.07, 6.45) is -0.953. The molecule has 34 heavy (non-hydrogen) atoms. The van der Waals surface area contributed by atoms with Crippen molar-refractivity contribution >= 4 is 5.91 Å². The minimum Gasteiger partial charge on any atom is -0.473 e. The summed E-state index contributed by atoms with van der Waals surface area (Å²) in [5.41, 5.74) is -1.02. The van der Waals surface area contributed by atoms with Crippen LogP contribution in [0.4, 0.5) is 13.2 Å². The SMILES string of the molecule is COCC[C@]1(C(=O)N2COc3ccc(C(F)(F)F)cc3C2)CC[C@@H](N[C@H]2CCOC[C@H]2OC)C1. The Hall–Kier alpha value is -1.88. The van der Waals surface area contributed by atoms with Gasteiger partial charge in [0.1, 0.15) is 5.75 Å². The van der Waals surface area contributed by atoms with Crippen molar-refractivity contribution in [1.29, 1.82) is 0 Å². The van der Waals surface area contributed by atoms with E-state index in [0.717, 1.165) is 25.0 Å². The molecule has 2 heterocycles. The van der Waals surface area contributed by atoms with Crippen LogP contribution in [0, 0.1) is 5.41 Å². The van der Waals surface area contributed by atoms with E-state index in [2.05, 4.69) is 5.32 Å². The lowest BCUT2D eigenvalue weighted by Crippen LogP contribution is -2.51. The van der Waals surface area contributed by atoms with Crippen LogP contribution in [0.5, 0.6) is 5.75 Å². The largest absolute Gasteiger partial charge is 0.473 e. The number of hydrogen-bond acceptors (Lipinski definition) is 6. The Bertz CT molecular complexity index is 868. The number of amides is 1. The Balaban J connectivity index is 1.48. The van der Waals surface area contributed by atoms with E-state index in [1.54, 1.807) is 14.2 Å². The molecule has 190 valence electrons. The van der Waals surface area contributed by atoms with Crippen LogP contribution in [0.15, 0.2) is 18.2 Å². The number of benzene rings is 1. The second-order valence-electron chi connectivity index (χ2n) is 9.47. The predicted octanol–water partition coefficient (Wildman–Crippen LogP) is 3.35. The van der Waals surface area contributed by atoms with E-state index in [1.165, 1.54) is 11.0 Å². The molecule has 7 nitrogen and oxygen atoms in total. The summed E-state index contributed by atoms with van der Waals surface area (Å²) in [6.45, 7) is 1.76. The van der Waals surface area contributed by atoms with Gasteiger partial charge in [0.05, 0.1) is 30.2 Å². The smallest absolute Gasteiger partial charge is 0.416 e. The van der Waals surface area contributed by atoms with Gasteiger partial charge in [-0.2, -0.15) is 13.2 Å². The first-order valence-electron chi connectivity index (χ1n) is 11.7. The van der Waals surface area contributed by atoms with Crippen molar-refractivity contribution in [2.75, 3.05) is 40.8 Å². The summed E-state index contributed by atoms with van der Waals surface area (Å²) in [7, 11) is 3.28. The van der Waals surface area contributed by atoms with Crippen LogP contribution in [0.25, 0.3) is 0 Å². The summed E-state index contributed by atoms with van der Waals surface area (Å²) in [5.74, 6) is 0.297. The molecule has 2 fully saturated rings. The Kier molecular flexibility index (Phi) is 7.71. The van der Waals surface area contributed by atoms with Crippen molar-refractivity contribution in [2.45, 2.75) is 63.0 Å². The lowest BCUT2D eigenvalue weighted by atomic mass is 9.80. The van der Waals surface area contributed by atoms with Crippen molar-refractivity contribution in [3.8, 4) is 5.75 Å². The minimum atomic E-state index is -4.45. The normalized spacial score (nSPS) is 29.6. The topological polar surface area (TPSA) is 69.3 Å². The second-order valence-corrected chi connectivity index (χ2v) is 9.47. The third kappa shape index (κ3) is 5.35.